The minimum Gasteiger partial charge on any atom is -0.449 e. The van der Waals surface area contributed by atoms with Gasteiger partial charge in [0.05, 0.1) is 6.54 Å². The summed E-state index contributed by atoms with van der Waals surface area (Å²) in [6.07, 6.45) is 0. The number of nitriles is 1. The molecule has 0 aromatic carbocycles. The lowest BCUT2D eigenvalue weighted by molar-refractivity contribution is 0.268. The van der Waals surface area contributed by atoms with Crippen LogP contribution in [0.3, 0.4) is 0 Å². The van der Waals surface area contributed by atoms with Crippen molar-refractivity contribution in [2.45, 2.75) is 33.4 Å². The van der Waals surface area contributed by atoms with Crippen molar-refractivity contribution in [2.24, 2.45) is 0 Å². The maximum atomic E-state index is 8.64. The molecule has 0 aliphatic heterocycles. The largest absolute Gasteiger partial charge is 0.449 e. The van der Waals surface area contributed by atoms with Gasteiger partial charge in [-0.25, -0.2) is 0 Å². The number of nitrogens with one attached hydrogen (secondary N) is 1. The van der Waals surface area contributed by atoms with E-state index in [1.807, 2.05) is 12.1 Å². The first-order valence-electron chi connectivity index (χ1n) is 6.14. The van der Waals surface area contributed by atoms with Crippen molar-refractivity contribution in [3.8, 4) is 6.07 Å². The van der Waals surface area contributed by atoms with E-state index in [9.17, 15) is 0 Å². The van der Waals surface area contributed by atoms with Crippen molar-refractivity contribution < 1.29 is 4.42 Å². The van der Waals surface area contributed by atoms with Crippen molar-refractivity contribution in [2.75, 3.05) is 19.6 Å². The second kappa shape index (κ2) is 7.10. The molecule has 1 rings (SSSR count). The van der Waals surface area contributed by atoms with Gasteiger partial charge >= 0.3 is 0 Å². The van der Waals surface area contributed by atoms with Crippen molar-refractivity contribution in [3.63, 3.8) is 0 Å². The lowest BCUT2D eigenvalue weighted by Gasteiger charge is -2.23. The zero-order chi connectivity index (χ0) is 12.7. The van der Waals surface area contributed by atoms with Gasteiger partial charge in [-0.15, -0.1) is 0 Å². The molecule has 0 saturated heterocycles. The Bertz CT molecular complexity index is 363. The maximum absolute atomic E-state index is 8.64. The molecule has 1 atom stereocenters. The molecule has 0 amide bonds. The predicted octanol–water partition coefficient (Wildman–Crippen LogP) is 1.97. The van der Waals surface area contributed by atoms with Crippen LogP contribution >= 0.6 is 0 Å². The molecule has 1 aromatic rings. The Morgan fingerprint density at radius 2 is 2.12 bits per heavy atom. The number of hydrogen-bond donors (Lipinski definition) is 1. The van der Waals surface area contributed by atoms with Crippen LogP contribution in [0.5, 0.6) is 0 Å². The molecule has 0 radical (unpaired) electrons. The number of hydrogen-bond acceptors (Lipinski definition) is 4. The average molecular weight is 235 g/mol. The van der Waals surface area contributed by atoms with Crippen LogP contribution in [-0.4, -0.2) is 30.6 Å². The third kappa shape index (κ3) is 4.59. The van der Waals surface area contributed by atoms with Gasteiger partial charge in [-0.1, -0.05) is 13.8 Å². The Kier molecular flexibility index (Phi) is 5.75. The Labute approximate surface area is 103 Å². The minimum atomic E-state index is 0.373. The quantitative estimate of drug-likeness (QED) is 0.785. The van der Waals surface area contributed by atoms with Crippen LogP contribution < -0.4 is 5.32 Å². The highest BCUT2D eigenvalue weighted by atomic mass is 16.3. The van der Waals surface area contributed by atoms with Gasteiger partial charge in [0.25, 0.3) is 0 Å². The van der Waals surface area contributed by atoms with E-state index in [4.69, 9.17) is 9.68 Å². The zero-order valence-corrected chi connectivity index (χ0v) is 10.9. The molecule has 17 heavy (non-hydrogen) atoms. The molecule has 4 heteroatoms. The first-order chi connectivity index (χ1) is 8.19. The predicted molar refractivity (Wildman–Crippen MR) is 67.5 cm³/mol. The summed E-state index contributed by atoms with van der Waals surface area (Å²) in [5.41, 5.74) is 0. The second-order valence-corrected chi connectivity index (χ2v) is 4.15. The summed E-state index contributed by atoms with van der Waals surface area (Å²) in [5, 5.41) is 12.0. The fraction of sp³-hybridized carbons (Fsp3) is 0.615. The van der Waals surface area contributed by atoms with E-state index in [0.29, 0.717) is 18.3 Å². The molecule has 1 N–H and O–H groups in total. The zero-order valence-electron chi connectivity index (χ0n) is 10.9. The monoisotopic (exact) mass is 235 g/mol. The summed E-state index contributed by atoms with van der Waals surface area (Å²) in [5.74, 6) is 1.19. The lowest BCUT2D eigenvalue weighted by atomic mass is 10.3. The van der Waals surface area contributed by atoms with Crippen molar-refractivity contribution in [1.29, 1.82) is 5.26 Å². The molecule has 0 fully saturated rings. The molecule has 1 unspecified atom stereocenters. The SMILES string of the molecule is CCN(CC)CC(C)NCc1ccc(C#N)o1. The smallest absolute Gasteiger partial charge is 0.203 e. The maximum Gasteiger partial charge on any atom is 0.203 e. The van der Waals surface area contributed by atoms with E-state index in [1.54, 1.807) is 6.07 Å². The normalized spacial score (nSPS) is 12.6. The van der Waals surface area contributed by atoms with Crippen molar-refractivity contribution in [1.82, 2.24) is 10.2 Å². The van der Waals surface area contributed by atoms with Gasteiger partial charge in [0.2, 0.25) is 5.76 Å². The van der Waals surface area contributed by atoms with Crippen LogP contribution in [0.1, 0.15) is 32.3 Å². The van der Waals surface area contributed by atoms with E-state index >= 15 is 0 Å². The summed E-state index contributed by atoms with van der Waals surface area (Å²) in [4.78, 5) is 2.38. The number of furan rings is 1. The van der Waals surface area contributed by atoms with Crippen molar-refractivity contribution >= 4 is 0 Å². The molecule has 0 bridgehead atoms. The first kappa shape index (κ1) is 13.8. The van der Waals surface area contributed by atoms with E-state index in [1.165, 1.54) is 0 Å². The van der Waals surface area contributed by atoms with Gasteiger partial charge in [-0.3, -0.25) is 0 Å². The van der Waals surface area contributed by atoms with Gasteiger partial charge in [0, 0.05) is 12.6 Å². The van der Waals surface area contributed by atoms with Crippen molar-refractivity contribution in [3.05, 3.63) is 23.7 Å². The molecular weight excluding hydrogens is 214 g/mol. The molecule has 1 heterocycles. The van der Waals surface area contributed by atoms with Gasteiger partial charge in [0.1, 0.15) is 11.8 Å². The van der Waals surface area contributed by atoms with Crippen LogP contribution in [0.25, 0.3) is 0 Å². The molecule has 94 valence electrons. The standard InChI is InChI=1S/C13H21N3O/c1-4-16(5-2)10-11(3)15-9-13-7-6-12(8-14)17-13/h6-7,11,15H,4-5,9-10H2,1-3H3. The second-order valence-electron chi connectivity index (χ2n) is 4.15. The Hall–Kier alpha value is -1.31. The Balaban J connectivity index is 2.32. The molecule has 0 aliphatic rings. The van der Waals surface area contributed by atoms with E-state index in [2.05, 4.69) is 31.0 Å². The van der Waals surface area contributed by atoms with Crippen LogP contribution in [0.15, 0.2) is 16.5 Å². The van der Waals surface area contributed by atoms with Gasteiger partial charge < -0.3 is 14.6 Å². The van der Waals surface area contributed by atoms with E-state index in [0.717, 1.165) is 25.4 Å². The van der Waals surface area contributed by atoms with E-state index < -0.39 is 0 Å². The summed E-state index contributed by atoms with van der Waals surface area (Å²) >= 11 is 0. The van der Waals surface area contributed by atoms with E-state index in [-0.39, 0.29) is 0 Å². The van der Waals surface area contributed by atoms with Crippen LogP contribution in [0.4, 0.5) is 0 Å². The molecule has 0 spiro atoms. The lowest BCUT2D eigenvalue weighted by Crippen LogP contribution is -2.38. The Morgan fingerprint density at radius 3 is 2.65 bits per heavy atom. The highest BCUT2D eigenvalue weighted by molar-refractivity contribution is 5.18. The van der Waals surface area contributed by atoms with Gasteiger partial charge in [-0.2, -0.15) is 5.26 Å². The molecular formula is C13H21N3O. The summed E-state index contributed by atoms with van der Waals surface area (Å²) in [6.45, 7) is 10.3. The average Bonchev–Trinajstić information content (AvgIpc) is 2.81. The molecule has 4 nitrogen and oxygen atoms in total. The first-order valence-corrected chi connectivity index (χ1v) is 6.14. The fourth-order valence-electron chi connectivity index (χ4n) is 1.74. The highest BCUT2D eigenvalue weighted by Gasteiger charge is 2.07. The molecule has 0 saturated carbocycles. The topological polar surface area (TPSA) is 52.2 Å². The summed E-state index contributed by atoms with van der Waals surface area (Å²) in [7, 11) is 0. The highest BCUT2D eigenvalue weighted by Crippen LogP contribution is 2.06. The van der Waals surface area contributed by atoms with Gasteiger partial charge in [-0.05, 0) is 32.1 Å². The fourth-order valence-corrected chi connectivity index (χ4v) is 1.74. The number of likely N-dealkylation sites (N-methyl/N-ethyl adjacent to an activating group) is 1. The molecule has 0 aliphatic carbocycles. The third-order valence-electron chi connectivity index (χ3n) is 2.82. The number of rotatable bonds is 7. The Morgan fingerprint density at radius 1 is 1.41 bits per heavy atom. The summed E-state index contributed by atoms with van der Waals surface area (Å²) < 4.78 is 5.30. The van der Waals surface area contributed by atoms with Crippen LogP contribution in [-0.2, 0) is 6.54 Å². The number of nitrogens with zero attached hydrogens (tertiary/aromatic N) is 2. The van der Waals surface area contributed by atoms with Crippen LogP contribution in [0.2, 0.25) is 0 Å². The van der Waals surface area contributed by atoms with Gasteiger partial charge in [0.15, 0.2) is 0 Å². The van der Waals surface area contributed by atoms with Crippen LogP contribution in [0, 0.1) is 11.3 Å². The third-order valence-corrected chi connectivity index (χ3v) is 2.82. The molecule has 1 aromatic heterocycles. The summed E-state index contributed by atoms with van der Waals surface area (Å²) in [6, 6.07) is 5.93. The minimum absolute atomic E-state index is 0.373.